The summed E-state index contributed by atoms with van der Waals surface area (Å²) in [6.07, 6.45) is 10.9. The van der Waals surface area contributed by atoms with E-state index in [9.17, 15) is 4.79 Å². The third-order valence-electron chi connectivity index (χ3n) is 6.58. The van der Waals surface area contributed by atoms with Crippen LogP contribution in [-0.4, -0.2) is 77.3 Å². The summed E-state index contributed by atoms with van der Waals surface area (Å²) in [6.45, 7) is 4.53. The molecule has 2 aromatic rings. The van der Waals surface area contributed by atoms with E-state index < -0.39 is 0 Å². The van der Waals surface area contributed by atoms with Crippen LogP contribution in [0.5, 0.6) is 0 Å². The summed E-state index contributed by atoms with van der Waals surface area (Å²) in [6, 6.07) is 3.76. The largest absolute Gasteiger partial charge is 0.385 e. The molecule has 4 heterocycles. The molecule has 31 heavy (non-hydrogen) atoms. The molecule has 0 radical (unpaired) electrons. The number of rotatable bonds is 7. The predicted octanol–water partition coefficient (Wildman–Crippen LogP) is 2.90. The first-order valence-electron chi connectivity index (χ1n) is 11.4. The number of piperidine rings is 1. The summed E-state index contributed by atoms with van der Waals surface area (Å²) in [4.78, 5) is 26.4. The minimum atomic E-state index is -0.354. The molecule has 0 aliphatic carbocycles. The van der Waals surface area contributed by atoms with E-state index in [2.05, 4.69) is 15.0 Å². The molecule has 2 aliphatic heterocycles. The fourth-order valence-corrected chi connectivity index (χ4v) is 4.77. The number of ether oxygens (including phenoxy) is 1. The van der Waals surface area contributed by atoms with Crippen molar-refractivity contribution in [1.29, 1.82) is 0 Å². The van der Waals surface area contributed by atoms with Crippen molar-refractivity contribution < 1.29 is 14.1 Å². The number of carbonyl (C=O) groups is 1. The number of nitrogens with zero attached hydrogens (tertiary/aromatic N) is 5. The molecule has 0 spiro atoms. The van der Waals surface area contributed by atoms with Gasteiger partial charge in [-0.3, -0.25) is 14.7 Å². The normalized spacial score (nSPS) is 22.9. The van der Waals surface area contributed by atoms with Crippen LogP contribution in [0.1, 0.15) is 50.8 Å². The molecule has 0 N–H and O–H groups in total. The van der Waals surface area contributed by atoms with Crippen molar-refractivity contribution in [2.45, 2.75) is 50.4 Å². The van der Waals surface area contributed by atoms with E-state index in [4.69, 9.17) is 14.2 Å². The smallest absolute Gasteiger partial charge is 0.259 e. The van der Waals surface area contributed by atoms with E-state index in [0.29, 0.717) is 31.4 Å². The lowest BCUT2D eigenvalue weighted by Crippen LogP contribution is -2.52. The molecular weight excluding hydrogens is 394 g/mol. The maximum absolute atomic E-state index is 13.2. The molecule has 0 bridgehead atoms. The molecule has 2 aromatic heterocycles. The standard InChI is InChI=1S/C23H33N5O3/c1-30-15-10-23(22-25-21(31-26-22)19-8-6-11-24-16-19)9-7-14-28(18-23)20(29)17-27-12-4-2-3-5-13-27/h6,8,11,16H,2-5,7,9-10,12-15,17-18H2,1H3. The van der Waals surface area contributed by atoms with Crippen molar-refractivity contribution in [3.8, 4) is 11.5 Å². The van der Waals surface area contributed by atoms with E-state index in [1.807, 2.05) is 17.0 Å². The highest BCUT2D eigenvalue weighted by Gasteiger charge is 2.42. The van der Waals surface area contributed by atoms with Crippen molar-refractivity contribution in [3.05, 3.63) is 30.4 Å². The third kappa shape index (κ3) is 5.30. The maximum Gasteiger partial charge on any atom is 0.259 e. The molecule has 8 heteroatoms. The lowest BCUT2D eigenvalue weighted by molar-refractivity contribution is -0.135. The van der Waals surface area contributed by atoms with Gasteiger partial charge in [0.2, 0.25) is 5.91 Å². The summed E-state index contributed by atoms with van der Waals surface area (Å²) in [5.74, 6) is 1.34. The number of amides is 1. The average molecular weight is 428 g/mol. The van der Waals surface area contributed by atoms with Gasteiger partial charge in [0.1, 0.15) is 0 Å². The van der Waals surface area contributed by atoms with Crippen LogP contribution in [0.3, 0.4) is 0 Å². The van der Waals surface area contributed by atoms with Crippen LogP contribution in [-0.2, 0) is 14.9 Å². The maximum atomic E-state index is 13.2. The first kappa shape index (κ1) is 21.9. The summed E-state index contributed by atoms with van der Waals surface area (Å²) in [7, 11) is 1.70. The van der Waals surface area contributed by atoms with Crippen LogP contribution < -0.4 is 0 Å². The molecule has 1 unspecified atom stereocenters. The molecule has 2 fully saturated rings. The highest BCUT2D eigenvalue weighted by Crippen LogP contribution is 2.37. The topological polar surface area (TPSA) is 84.6 Å². The van der Waals surface area contributed by atoms with Gasteiger partial charge in [-0.15, -0.1) is 0 Å². The Labute approximate surface area is 184 Å². The van der Waals surface area contributed by atoms with Crippen molar-refractivity contribution in [2.75, 3.05) is 46.4 Å². The van der Waals surface area contributed by atoms with Crippen LogP contribution in [0, 0.1) is 0 Å². The van der Waals surface area contributed by atoms with Gasteiger partial charge in [-0.2, -0.15) is 4.98 Å². The van der Waals surface area contributed by atoms with E-state index in [1.54, 1.807) is 19.5 Å². The van der Waals surface area contributed by atoms with Gasteiger partial charge in [0, 0.05) is 39.2 Å². The highest BCUT2D eigenvalue weighted by molar-refractivity contribution is 5.78. The second kappa shape index (κ2) is 10.3. The summed E-state index contributed by atoms with van der Waals surface area (Å²) in [5, 5.41) is 4.35. The van der Waals surface area contributed by atoms with Crippen LogP contribution in [0.2, 0.25) is 0 Å². The van der Waals surface area contributed by atoms with Gasteiger partial charge >= 0.3 is 0 Å². The Morgan fingerprint density at radius 3 is 2.77 bits per heavy atom. The second-order valence-electron chi connectivity index (χ2n) is 8.80. The van der Waals surface area contributed by atoms with Gasteiger partial charge in [-0.1, -0.05) is 18.0 Å². The summed E-state index contributed by atoms with van der Waals surface area (Å²) in [5.41, 5.74) is 0.445. The number of hydrogen-bond donors (Lipinski definition) is 0. The first-order chi connectivity index (χ1) is 15.2. The van der Waals surface area contributed by atoms with Gasteiger partial charge < -0.3 is 14.2 Å². The Kier molecular flexibility index (Phi) is 7.29. The molecule has 2 aliphatic rings. The number of methoxy groups -OCH3 is 1. The minimum absolute atomic E-state index is 0.208. The second-order valence-corrected chi connectivity index (χ2v) is 8.80. The third-order valence-corrected chi connectivity index (χ3v) is 6.58. The molecule has 2 saturated heterocycles. The van der Waals surface area contributed by atoms with Crippen molar-refractivity contribution in [3.63, 3.8) is 0 Å². The molecule has 1 atom stereocenters. The Bertz CT molecular complexity index is 835. The Morgan fingerprint density at radius 2 is 2.03 bits per heavy atom. The zero-order valence-electron chi connectivity index (χ0n) is 18.5. The number of hydrogen-bond acceptors (Lipinski definition) is 7. The zero-order valence-corrected chi connectivity index (χ0v) is 18.5. The minimum Gasteiger partial charge on any atom is -0.385 e. The van der Waals surface area contributed by atoms with Gasteiger partial charge in [-0.25, -0.2) is 0 Å². The highest BCUT2D eigenvalue weighted by atomic mass is 16.5. The van der Waals surface area contributed by atoms with Crippen LogP contribution in [0.4, 0.5) is 0 Å². The van der Waals surface area contributed by atoms with Crippen molar-refractivity contribution >= 4 is 5.91 Å². The quantitative estimate of drug-likeness (QED) is 0.672. The number of likely N-dealkylation sites (tertiary alicyclic amines) is 2. The zero-order chi connectivity index (χ0) is 21.5. The molecule has 0 saturated carbocycles. The molecule has 4 rings (SSSR count). The lowest BCUT2D eigenvalue weighted by atomic mass is 9.76. The van der Waals surface area contributed by atoms with E-state index >= 15 is 0 Å². The molecule has 1 amide bonds. The monoisotopic (exact) mass is 427 g/mol. The van der Waals surface area contributed by atoms with E-state index in [1.165, 1.54) is 25.7 Å². The van der Waals surface area contributed by atoms with Gasteiger partial charge in [0.15, 0.2) is 5.82 Å². The van der Waals surface area contributed by atoms with Crippen LogP contribution >= 0.6 is 0 Å². The Balaban J connectivity index is 1.51. The fourth-order valence-electron chi connectivity index (χ4n) is 4.77. The van der Waals surface area contributed by atoms with Crippen molar-refractivity contribution in [1.82, 2.24) is 24.9 Å². The number of aromatic nitrogens is 3. The summed E-state index contributed by atoms with van der Waals surface area (Å²) >= 11 is 0. The Hall–Kier alpha value is -2.32. The van der Waals surface area contributed by atoms with Crippen molar-refractivity contribution in [2.24, 2.45) is 0 Å². The summed E-state index contributed by atoms with van der Waals surface area (Å²) < 4.78 is 11.0. The SMILES string of the molecule is COCCC1(c2noc(-c3cccnc3)n2)CCCN(C(=O)CN2CCCCCC2)C1. The van der Waals surface area contributed by atoms with E-state index in [-0.39, 0.29) is 11.3 Å². The van der Waals surface area contributed by atoms with Gasteiger partial charge in [0.25, 0.3) is 5.89 Å². The van der Waals surface area contributed by atoms with Crippen LogP contribution in [0.25, 0.3) is 11.5 Å². The van der Waals surface area contributed by atoms with Gasteiger partial charge in [-0.05, 0) is 57.3 Å². The van der Waals surface area contributed by atoms with E-state index in [0.717, 1.165) is 44.5 Å². The molecule has 8 nitrogen and oxygen atoms in total. The number of carbonyl (C=O) groups excluding carboxylic acids is 1. The number of pyridine rings is 1. The van der Waals surface area contributed by atoms with Crippen LogP contribution in [0.15, 0.2) is 29.0 Å². The Morgan fingerprint density at radius 1 is 1.19 bits per heavy atom. The lowest BCUT2D eigenvalue weighted by Gasteiger charge is -2.41. The average Bonchev–Trinajstić information content (AvgIpc) is 3.18. The molecule has 168 valence electrons. The first-order valence-corrected chi connectivity index (χ1v) is 11.4. The molecule has 0 aromatic carbocycles. The van der Waals surface area contributed by atoms with Gasteiger partial charge in [0.05, 0.1) is 17.5 Å². The fraction of sp³-hybridized carbons (Fsp3) is 0.652. The molecular formula is C23H33N5O3. The predicted molar refractivity (Wildman–Crippen MR) is 116 cm³/mol.